The molecule has 4 nitrogen and oxygen atoms in total. The van der Waals surface area contributed by atoms with Crippen molar-refractivity contribution < 1.29 is 4.39 Å². The van der Waals surface area contributed by atoms with Crippen LogP contribution in [0.25, 0.3) is 17.0 Å². The van der Waals surface area contributed by atoms with E-state index in [-0.39, 0.29) is 28.0 Å². The van der Waals surface area contributed by atoms with Crippen molar-refractivity contribution in [3.05, 3.63) is 49.9 Å². The first-order valence-electron chi connectivity index (χ1n) is 5.28. The molecule has 0 spiro atoms. The molecule has 0 saturated heterocycles. The van der Waals surface area contributed by atoms with Crippen LogP contribution >= 0.6 is 11.6 Å². The molecular formula is C12H10ClFN2O2. The minimum absolute atomic E-state index is 0.0267. The average molecular weight is 269 g/mol. The smallest absolute Gasteiger partial charge is 0.304 e. The van der Waals surface area contributed by atoms with Crippen LogP contribution in [0, 0.1) is 5.82 Å². The van der Waals surface area contributed by atoms with Crippen LogP contribution in [0.3, 0.4) is 0 Å². The third kappa shape index (κ3) is 1.67. The summed E-state index contributed by atoms with van der Waals surface area (Å²) in [6.45, 7) is 5.27. The van der Waals surface area contributed by atoms with Gasteiger partial charge in [-0.1, -0.05) is 24.3 Å². The summed E-state index contributed by atoms with van der Waals surface area (Å²) in [5.41, 5.74) is -1.31. The molecule has 0 saturated carbocycles. The third-order valence-corrected chi connectivity index (χ3v) is 3.01. The van der Waals surface area contributed by atoms with Gasteiger partial charge in [0.15, 0.2) is 5.82 Å². The van der Waals surface area contributed by atoms with Gasteiger partial charge in [0.05, 0.1) is 15.9 Å². The van der Waals surface area contributed by atoms with Gasteiger partial charge in [0.1, 0.15) is 0 Å². The fraction of sp³-hybridized carbons (Fsp3) is 0.167. The maximum atomic E-state index is 14.0. The number of hydrogen-bond donors (Lipinski definition) is 1. The van der Waals surface area contributed by atoms with Crippen LogP contribution in [0.4, 0.5) is 4.39 Å². The second kappa shape index (κ2) is 4.42. The van der Waals surface area contributed by atoms with Crippen molar-refractivity contribution >= 4 is 28.6 Å². The quantitative estimate of drug-likeness (QED) is 0.907. The SMILES string of the molecule is C=Cc1cc(Cl)c2c(=O)n(CC)c(=O)[nH]c2c1F. The highest BCUT2D eigenvalue weighted by Crippen LogP contribution is 2.24. The van der Waals surface area contributed by atoms with Crippen molar-refractivity contribution in [3.63, 3.8) is 0 Å². The van der Waals surface area contributed by atoms with Gasteiger partial charge in [0, 0.05) is 12.1 Å². The number of aromatic nitrogens is 2. The molecule has 0 aliphatic carbocycles. The second-order valence-electron chi connectivity index (χ2n) is 3.70. The number of rotatable bonds is 2. The highest BCUT2D eigenvalue weighted by molar-refractivity contribution is 6.35. The summed E-state index contributed by atoms with van der Waals surface area (Å²) in [7, 11) is 0. The number of aromatic amines is 1. The number of halogens is 2. The fourth-order valence-electron chi connectivity index (χ4n) is 1.81. The zero-order chi connectivity index (χ0) is 13.4. The highest BCUT2D eigenvalue weighted by atomic mass is 35.5. The number of H-pyrrole nitrogens is 1. The van der Waals surface area contributed by atoms with Gasteiger partial charge in [-0.05, 0) is 13.0 Å². The predicted molar refractivity (Wildman–Crippen MR) is 69.6 cm³/mol. The lowest BCUT2D eigenvalue weighted by atomic mass is 10.1. The third-order valence-electron chi connectivity index (χ3n) is 2.72. The topological polar surface area (TPSA) is 54.9 Å². The molecular weight excluding hydrogens is 259 g/mol. The zero-order valence-electron chi connectivity index (χ0n) is 9.59. The minimum Gasteiger partial charge on any atom is -0.304 e. The Morgan fingerprint density at radius 3 is 2.78 bits per heavy atom. The molecule has 0 aliphatic heterocycles. The van der Waals surface area contributed by atoms with E-state index in [1.807, 2.05) is 0 Å². The second-order valence-corrected chi connectivity index (χ2v) is 4.10. The van der Waals surface area contributed by atoms with E-state index in [0.29, 0.717) is 0 Å². The van der Waals surface area contributed by atoms with E-state index in [4.69, 9.17) is 11.6 Å². The van der Waals surface area contributed by atoms with Gasteiger partial charge in [0.2, 0.25) is 0 Å². The van der Waals surface area contributed by atoms with Crippen molar-refractivity contribution in [3.8, 4) is 0 Å². The summed E-state index contributed by atoms with van der Waals surface area (Å²) < 4.78 is 15.0. The van der Waals surface area contributed by atoms with Crippen LogP contribution in [-0.4, -0.2) is 9.55 Å². The molecule has 6 heteroatoms. The number of nitrogens with one attached hydrogen (secondary N) is 1. The number of hydrogen-bond acceptors (Lipinski definition) is 2. The Hall–Kier alpha value is -1.88. The standard InChI is InChI=1S/C12H10ClFN2O2/c1-3-6-5-7(13)8-10(9(6)14)15-12(18)16(4-2)11(8)17/h3,5H,1,4H2,2H3,(H,15,18). The molecule has 94 valence electrons. The van der Waals surface area contributed by atoms with E-state index in [1.54, 1.807) is 6.92 Å². The van der Waals surface area contributed by atoms with Crippen molar-refractivity contribution in [2.75, 3.05) is 0 Å². The largest absolute Gasteiger partial charge is 0.328 e. The molecule has 0 atom stereocenters. The van der Waals surface area contributed by atoms with E-state index >= 15 is 0 Å². The highest BCUT2D eigenvalue weighted by Gasteiger charge is 2.15. The first-order valence-corrected chi connectivity index (χ1v) is 5.66. The Morgan fingerprint density at radius 1 is 1.56 bits per heavy atom. The lowest BCUT2D eigenvalue weighted by Gasteiger charge is -2.07. The maximum Gasteiger partial charge on any atom is 0.328 e. The Morgan fingerprint density at radius 2 is 2.22 bits per heavy atom. The van der Waals surface area contributed by atoms with Crippen LogP contribution < -0.4 is 11.2 Å². The molecule has 18 heavy (non-hydrogen) atoms. The van der Waals surface area contributed by atoms with Crippen molar-refractivity contribution in [1.82, 2.24) is 9.55 Å². The molecule has 1 N–H and O–H groups in total. The summed E-state index contributed by atoms with van der Waals surface area (Å²) in [6, 6.07) is 1.31. The van der Waals surface area contributed by atoms with Crippen molar-refractivity contribution in [2.24, 2.45) is 0 Å². The normalized spacial score (nSPS) is 10.8. The predicted octanol–water partition coefficient (Wildman–Crippen LogP) is 2.15. The maximum absolute atomic E-state index is 14.0. The van der Waals surface area contributed by atoms with Crippen LogP contribution in [0.2, 0.25) is 5.02 Å². The first-order chi connectivity index (χ1) is 8.51. The lowest BCUT2D eigenvalue weighted by Crippen LogP contribution is -2.34. The van der Waals surface area contributed by atoms with E-state index in [9.17, 15) is 14.0 Å². The monoisotopic (exact) mass is 268 g/mol. The van der Waals surface area contributed by atoms with Gasteiger partial charge in [-0.2, -0.15) is 0 Å². The molecule has 0 bridgehead atoms. The van der Waals surface area contributed by atoms with E-state index in [2.05, 4.69) is 11.6 Å². The number of fused-ring (bicyclic) bond motifs is 1. The van der Waals surface area contributed by atoms with Gasteiger partial charge in [-0.3, -0.25) is 9.36 Å². The Kier molecular flexibility index (Phi) is 3.09. The summed E-state index contributed by atoms with van der Waals surface area (Å²) in [4.78, 5) is 26.0. The van der Waals surface area contributed by atoms with Gasteiger partial charge in [0.25, 0.3) is 5.56 Å². The minimum atomic E-state index is -0.707. The molecule has 0 amide bonds. The molecule has 2 rings (SSSR count). The first kappa shape index (κ1) is 12.6. The summed E-state index contributed by atoms with van der Waals surface area (Å²) in [5.74, 6) is -0.707. The van der Waals surface area contributed by atoms with Crippen LogP contribution in [0.5, 0.6) is 0 Å². The van der Waals surface area contributed by atoms with Crippen molar-refractivity contribution in [1.29, 1.82) is 0 Å². The van der Waals surface area contributed by atoms with Crippen LogP contribution in [0.1, 0.15) is 12.5 Å². The molecule has 0 fully saturated rings. The molecule has 1 heterocycles. The summed E-state index contributed by atoms with van der Waals surface area (Å²) in [5, 5.41) is 0.0611. The average Bonchev–Trinajstić information content (AvgIpc) is 2.33. The molecule has 0 radical (unpaired) electrons. The van der Waals surface area contributed by atoms with Gasteiger partial charge >= 0.3 is 5.69 Å². The van der Waals surface area contributed by atoms with Gasteiger partial charge < -0.3 is 4.98 Å². The van der Waals surface area contributed by atoms with E-state index < -0.39 is 17.1 Å². The summed E-state index contributed by atoms with van der Waals surface area (Å²) >= 11 is 5.95. The molecule has 1 aromatic heterocycles. The van der Waals surface area contributed by atoms with Crippen LogP contribution in [-0.2, 0) is 6.54 Å². The lowest BCUT2D eigenvalue weighted by molar-refractivity contribution is 0.627. The number of nitrogens with zero attached hydrogens (tertiary/aromatic N) is 1. The molecule has 0 aliphatic rings. The fourth-order valence-corrected chi connectivity index (χ4v) is 2.10. The van der Waals surface area contributed by atoms with Gasteiger partial charge in [-0.15, -0.1) is 0 Å². The molecule has 2 aromatic rings. The van der Waals surface area contributed by atoms with Gasteiger partial charge in [-0.25, -0.2) is 9.18 Å². The Labute approximate surface area is 106 Å². The number of benzene rings is 1. The molecule has 1 aromatic carbocycles. The van der Waals surface area contributed by atoms with Crippen molar-refractivity contribution in [2.45, 2.75) is 13.5 Å². The Bertz CT molecular complexity index is 761. The Balaban J connectivity index is 3.11. The summed E-state index contributed by atoms with van der Waals surface area (Å²) in [6.07, 6.45) is 1.27. The zero-order valence-corrected chi connectivity index (χ0v) is 10.3. The van der Waals surface area contributed by atoms with E-state index in [1.165, 1.54) is 12.1 Å². The van der Waals surface area contributed by atoms with E-state index in [0.717, 1.165) is 4.57 Å². The van der Waals surface area contributed by atoms with Crippen LogP contribution in [0.15, 0.2) is 22.2 Å². The molecule has 0 unspecified atom stereocenters.